The van der Waals surface area contributed by atoms with Crippen LogP contribution >= 0.6 is 0 Å². The van der Waals surface area contributed by atoms with Gasteiger partial charge in [0.25, 0.3) is 0 Å². The maximum atomic E-state index is 9.98. The van der Waals surface area contributed by atoms with Crippen LogP contribution in [0.25, 0.3) is 0 Å². The van der Waals surface area contributed by atoms with E-state index in [9.17, 15) is 4.79 Å². The second-order valence-electron chi connectivity index (χ2n) is 3.61. The van der Waals surface area contributed by atoms with E-state index >= 15 is 0 Å². The van der Waals surface area contributed by atoms with Crippen molar-refractivity contribution in [2.24, 2.45) is 0 Å². The van der Waals surface area contributed by atoms with E-state index in [2.05, 4.69) is 12.1 Å². The molecule has 1 unspecified atom stereocenters. The molecule has 0 saturated carbocycles. The van der Waals surface area contributed by atoms with Gasteiger partial charge in [0.05, 0.1) is 19.3 Å². The molecule has 1 aromatic rings. The van der Waals surface area contributed by atoms with Gasteiger partial charge in [0.1, 0.15) is 12.9 Å². The smallest absolute Gasteiger partial charge is 0.145 e. The molecule has 88 valence electrons. The largest absolute Gasteiger partial charge is 0.376 e. The Hall–Kier alpha value is -1.19. The van der Waals surface area contributed by atoms with E-state index in [-0.39, 0.29) is 12.7 Å². The first-order chi connectivity index (χ1) is 7.83. The van der Waals surface area contributed by atoms with Crippen LogP contribution in [0, 0.1) is 0 Å². The minimum absolute atomic E-state index is 0.149. The molecule has 16 heavy (non-hydrogen) atoms. The standard InChI is InChI=1S/C13H18O3/c1-12(16-10-9-15-8-7-14)11-13-5-3-2-4-6-13/h2-7,12H,8-11H2,1H3. The van der Waals surface area contributed by atoms with Gasteiger partial charge in [-0.25, -0.2) is 0 Å². The van der Waals surface area contributed by atoms with Crippen LogP contribution < -0.4 is 0 Å². The van der Waals surface area contributed by atoms with Crippen LogP contribution in [0.4, 0.5) is 0 Å². The molecule has 0 heterocycles. The van der Waals surface area contributed by atoms with Crippen molar-refractivity contribution in [3.05, 3.63) is 35.9 Å². The molecule has 0 amide bonds. The highest BCUT2D eigenvalue weighted by Gasteiger charge is 2.02. The van der Waals surface area contributed by atoms with E-state index in [1.807, 2.05) is 25.1 Å². The van der Waals surface area contributed by atoms with E-state index in [0.717, 1.165) is 12.7 Å². The number of ether oxygens (including phenoxy) is 2. The van der Waals surface area contributed by atoms with Crippen LogP contribution in [-0.2, 0) is 20.7 Å². The van der Waals surface area contributed by atoms with Gasteiger partial charge in [-0.3, -0.25) is 0 Å². The summed E-state index contributed by atoms with van der Waals surface area (Å²) in [5.74, 6) is 0. The lowest BCUT2D eigenvalue weighted by Crippen LogP contribution is -2.15. The molecule has 0 spiro atoms. The first kappa shape index (κ1) is 12.9. The maximum absolute atomic E-state index is 9.98. The number of carbonyl (C=O) groups excluding carboxylic acids is 1. The summed E-state index contributed by atoms with van der Waals surface area (Å²) in [5.41, 5.74) is 1.27. The average molecular weight is 222 g/mol. The Morgan fingerprint density at radius 3 is 2.69 bits per heavy atom. The van der Waals surface area contributed by atoms with Gasteiger partial charge < -0.3 is 14.3 Å². The zero-order chi connectivity index (χ0) is 11.6. The SMILES string of the molecule is CC(Cc1ccccc1)OCCOCC=O. The third kappa shape index (κ3) is 5.63. The van der Waals surface area contributed by atoms with Crippen molar-refractivity contribution in [3.8, 4) is 0 Å². The minimum atomic E-state index is 0.149. The lowest BCUT2D eigenvalue weighted by molar-refractivity contribution is -0.112. The Bertz CT molecular complexity index is 284. The van der Waals surface area contributed by atoms with Gasteiger partial charge >= 0.3 is 0 Å². The molecular weight excluding hydrogens is 204 g/mol. The van der Waals surface area contributed by atoms with Crippen molar-refractivity contribution in [2.75, 3.05) is 19.8 Å². The molecule has 0 aliphatic rings. The highest BCUT2D eigenvalue weighted by Crippen LogP contribution is 2.05. The predicted octanol–water partition coefficient (Wildman–Crippen LogP) is 1.85. The van der Waals surface area contributed by atoms with Gasteiger partial charge in [0.2, 0.25) is 0 Å². The fourth-order valence-corrected chi connectivity index (χ4v) is 1.44. The summed E-state index contributed by atoms with van der Waals surface area (Å²) >= 11 is 0. The van der Waals surface area contributed by atoms with Crippen molar-refractivity contribution >= 4 is 6.29 Å². The summed E-state index contributed by atoms with van der Waals surface area (Å²) < 4.78 is 10.5. The van der Waals surface area contributed by atoms with Crippen LogP contribution in [-0.4, -0.2) is 32.2 Å². The van der Waals surface area contributed by atoms with Crippen LogP contribution in [0.2, 0.25) is 0 Å². The third-order valence-electron chi connectivity index (χ3n) is 2.18. The van der Waals surface area contributed by atoms with Crippen LogP contribution in [0.3, 0.4) is 0 Å². The molecule has 3 heteroatoms. The predicted molar refractivity (Wildman–Crippen MR) is 62.4 cm³/mol. The minimum Gasteiger partial charge on any atom is -0.376 e. The number of hydrogen-bond acceptors (Lipinski definition) is 3. The number of hydrogen-bond donors (Lipinski definition) is 0. The van der Waals surface area contributed by atoms with E-state index in [1.54, 1.807) is 0 Å². The zero-order valence-corrected chi connectivity index (χ0v) is 9.59. The summed E-state index contributed by atoms with van der Waals surface area (Å²) in [6.07, 6.45) is 1.81. The van der Waals surface area contributed by atoms with Gasteiger partial charge in [-0.15, -0.1) is 0 Å². The van der Waals surface area contributed by atoms with Crippen molar-refractivity contribution in [2.45, 2.75) is 19.4 Å². The number of carbonyl (C=O) groups is 1. The van der Waals surface area contributed by atoms with Gasteiger partial charge in [0.15, 0.2) is 0 Å². The zero-order valence-electron chi connectivity index (χ0n) is 9.59. The molecule has 0 fully saturated rings. The average Bonchev–Trinajstić information content (AvgIpc) is 2.30. The molecule has 0 bridgehead atoms. The molecule has 1 aromatic carbocycles. The lowest BCUT2D eigenvalue weighted by atomic mass is 10.1. The number of rotatable bonds is 8. The van der Waals surface area contributed by atoms with Crippen LogP contribution in [0.5, 0.6) is 0 Å². The van der Waals surface area contributed by atoms with Crippen LogP contribution in [0.15, 0.2) is 30.3 Å². The number of aldehydes is 1. The van der Waals surface area contributed by atoms with Crippen LogP contribution in [0.1, 0.15) is 12.5 Å². The molecule has 0 aliphatic heterocycles. The molecule has 1 atom stereocenters. The number of benzene rings is 1. The molecule has 0 saturated heterocycles. The molecular formula is C13H18O3. The van der Waals surface area contributed by atoms with Crippen molar-refractivity contribution < 1.29 is 14.3 Å². The second kappa shape index (κ2) is 8.02. The maximum Gasteiger partial charge on any atom is 0.145 e. The summed E-state index contributed by atoms with van der Waals surface area (Å²) in [4.78, 5) is 9.98. The van der Waals surface area contributed by atoms with Crippen molar-refractivity contribution in [1.29, 1.82) is 0 Å². The Kier molecular flexibility index (Phi) is 6.45. The molecule has 0 radical (unpaired) electrons. The molecule has 0 aliphatic carbocycles. The van der Waals surface area contributed by atoms with E-state index in [1.165, 1.54) is 5.56 Å². The molecule has 0 aromatic heterocycles. The quantitative estimate of drug-likeness (QED) is 0.497. The highest BCUT2D eigenvalue weighted by molar-refractivity contribution is 5.50. The fraction of sp³-hybridized carbons (Fsp3) is 0.462. The molecule has 1 rings (SSSR count). The summed E-state index contributed by atoms with van der Waals surface area (Å²) in [7, 11) is 0. The van der Waals surface area contributed by atoms with E-state index in [4.69, 9.17) is 9.47 Å². The van der Waals surface area contributed by atoms with E-state index < -0.39 is 0 Å². The third-order valence-corrected chi connectivity index (χ3v) is 2.18. The molecule has 0 N–H and O–H groups in total. The first-order valence-electron chi connectivity index (χ1n) is 5.50. The Labute approximate surface area is 96.4 Å². The topological polar surface area (TPSA) is 35.5 Å². The summed E-state index contributed by atoms with van der Waals surface area (Å²) in [6.45, 7) is 3.18. The van der Waals surface area contributed by atoms with Gasteiger partial charge in [-0.05, 0) is 18.9 Å². The van der Waals surface area contributed by atoms with Gasteiger partial charge in [-0.1, -0.05) is 30.3 Å². The van der Waals surface area contributed by atoms with Crippen molar-refractivity contribution in [3.63, 3.8) is 0 Å². The molecule has 3 nitrogen and oxygen atoms in total. The summed E-state index contributed by atoms with van der Waals surface area (Å²) in [5, 5.41) is 0. The summed E-state index contributed by atoms with van der Waals surface area (Å²) in [6, 6.07) is 10.2. The Morgan fingerprint density at radius 2 is 2.00 bits per heavy atom. The Morgan fingerprint density at radius 1 is 1.25 bits per heavy atom. The fourth-order valence-electron chi connectivity index (χ4n) is 1.44. The Balaban J connectivity index is 2.11. The highest BCUT2D eigenvalue weighted by atomic mass is 16.5. The van der Waals surface area contributed by atoms with E-state index in [0.29, 0.717) is 13.2 Å². The van der Waals surface area contributed by atoms with Gasteiger partial charge in [-0.2, -0.15) is 0 Å². The second-order valence-corrected chi connectivity index (χ2v) is 3.61. The first-order valence-corrected chi connectivity index (χ1v) is 5.50. The monoisotopic (exact) mass is 222 g/mol. The van der Waals surface area contributed by atoms with Gasteiger partial charge in [0, 0.05) is 0 Å². The van der Waals surface area contributed by atoms with Crippen molar-refractivity contribution in [1.82, 2.24) is 0 Å². The normalized spacial score (nSPS) is 12.3. The lowest BCUT2D eigenvalue weighted by Gasteiger charge is -2.12.